The van der Waals surface area contributed by atoms with Crippen LogP contribution in [-0.4, -0.2) is 43.0 Å². The molecule has 1 heterocycles. The highest BCUT2D eigenvalue weighted by Crippen LogP contribution is 2.13. The summed E-state index contributed by atoms with van der Waals surface area (Å²) in [6.07, 6.45) is 3.23. The highest BCUT2D eigenvalue weighted by Gasteiger charge is 2.10. The molecule has 0 atom stereocenters. The molecule has 0 unspecified atom stereocenters. The molecule has 1 saturated heterocycles. The Morgan fingerprint density at radius 1 is 1.50 bits per heavy atom. The molecule has 0 aromatic heterocycles. The first-order valence-electron chi connectivity index (χ1n) is 4.43. The maximum absolute atomic E-state index is 8.92. The van der Waals surface area contributed by atoms with Gasteiger partial charge in [0.2, 0.25) is 0 Å². The average molecular weight is 173 g/mol. The van der Waals surface area contributed by atoms with Crippen molar-refractivity contribution in [2.75, 3.05) is 26.7 Å². The second-order valence-corrected chi connectivity index (χ2v) is 3.34. The second kappa shape index (κ2) is 7.25. The maximum atomic E-state index is 8.92. The van der Waals surface area contributed by atoms with E-state index < -0.39 is 0 Å². The lowest BCUT2D eigenvalue weighted by molar-refractivity contribution is -0.110. The Bertz CT molecular complexity index is 99.1. The zero-order chi connectivity index (χ0) is 9.40. The number of aldehydes is 1. The number of carbonyl (C=O) groups excluding carboxylic acids is 1. The van der Waals surface area contributed by atoms with E-state index in [-0.39, 0.29) is 6.61 Å². The lowest BCUT2D eigenvalue weighted by Gasteiger charge is -2.26. The molecular weight excluding hydrogens is 154 g/mol. The van der Waals surface area contributed by atoms with E-state index in [2.05, 4.69) is 18.9 Å². The molecule has 1 aliphatic rings. The van der Waals surface area contributed by atoms with Gasteiger partial charge in [0, 0.05) is 0 Å². The Morgan fingerprint density at radius 3 is 2.17 bits per heavy atom. The van der Waals surface area contributed by atoms with Gasteiger partial charge in [-0.2, -0.15) is 0 Å². The molecule has 12 heavy (non-hydrogen) atoms. The molecule has 0 bridgehead atoms. The van der Waals surface area contributed by atoms with Crippen molar-refractivity contribution >= 4 is 6.29 Å². The van der Waals surface area contributed by atoms with Gasteiger partial charge in [0.25, 0.3) is 0 Å². The standard InChI is InChI=1S/C7H15N.C2H4O2/c1-7-3-5-8(2)6-4-7;3-1-2-4/h7H,3-6H2,1-2H3;1,4H,2H2. The average Bonchev–Trinajstić information content (AvgIpc) is 2.11. The lowest BCUT2D eigenvalue weighted by Crippen LogP contribution is -2.28. The van der Waals surface area contributed by atoms with Gasteiger partial charge in [-0.3, -0.25) is 0 Å². The van der Waals surface area contributed by atoms with Crippen molar-refractivity contribution in [1.82, 2.24) is 4.90 Å². The Hall–Kier alpha value is -0.410. The van der Waals surface area contributed by atoms with E-state index in [9.17, 15) is 0 Å². The van der Waals surface area contributed by atoms with Crippen LogP contribution >= 0.6 is 0 Å². The number of aliphatic hydroxyl groups is 1. The molecule has 1 aliphatic heterocycles. The molecule has 0 radical (unpaired) electrons. The highest BCUT2D eigenvalue weighted by atomic mass is 16.3. The van der Waals surface area contributed by atoms with E-state index in [1.54, 1.807) is 0 Å². The zero-order valence-corrected chi connectivity index (χ0v) is 7.99. The van der Waals surface area contributed by atoms with E-state index in [4.69, 9.17) is 9.90 Å². The number of hydrogen-bond donors (Lipinski definition) is 1. The van der Waals surface area contributed by atoms with Crippen LogP contribution in [0.5, 0.6) is 0 Å². The number of carbonyl (C=O) groups is 1. The van der Waals surface area contributed by atoms with Crippen LogP contribution in [0.3, 0.4) is 0 Å². The van der Waals surface area contributed by atoms with Gasteiger partial charge in [0.15, 0.2) is 0 Å². The van der Waals surface area contributed by atoms with Crippen LogP contribution in [0.2, 0.25) is 0 Å². The monoisotopic (exact) mass is 173 g/mol. The van der Waals surface area contributed by atoms with Gasteiger partial charge in [-0.1, -0.05) is 6.92 Å². The van der Waals surface area contributed by atoms with Gasteiger partial charge in [-0.15, -0.1) is 0 Å². The number of likely N-dealkylation sites (tertiary alicyclic amines) is 1. The molecule has 72 valence electrons. The quantitative estimate of drug-likeness (QED) is 0.588. The molecule has 0 aliphatic carbocycles. The van der Waals surface area contributed by atoms with Crippen LogP contribution in [0.1, 0.15) is 19.8 Å². The van der Waals surface area contributed by atoms with Crippen LogP contribution in [-0.2, 0) is 4.79 Å². The summed E-state index contributed by atoms with van der Waals surface area (Å²) in [5, 5.41) is 7.51. The molecule has 1 N–H and O–H groups in total. The summed E-state index contributed by atoms with van der Waals surface area (Å²) in [5.41, 5.74) is 0. The first kappa shape index (κ1) is 11.6. The largest absolute Gasteiger partial charge is 0.389 e. The predicted molar refractivity (Wildman–Crippen MR) is 49.0 cm³/mol. The van der Waals surface area contributed by atoms with Crippen molar-refractivity contribution in [2.45, 2.75) is 19.8 Å². The molecule has 1 fully saturated rings. The first-order valence-corrected chi connectivity index (χ1v) is 4.43. The fraction of sp³-hybridized carbons (Fsp3) is 0.889. The van der Waals surface area contributed by atoms with Crippen LogP contribution in [0.4, 0.5) is 0 Å². The number of aliphatic hydroxyl groups excluding tert-OH is 1. The van der Waals surface area contributed by atoms with Gasteiger partial charge < -0.3 is 14.8 Å². The SMILES string of the molecule is CC1CCN(C)CC1.O=CCO. The fourth-order valence-corrected chi connectivity index (χ4v) is 1.14. The van der Waals surface area contributed by atoms with E-state index >= 15 is 0 Å². The smallest absolute Gasteiger partial charge is 0.145 e. The minimum absolute atomic E-state index is 0.361. The van der Waals surface area contributed by atoms with Gasteiger partial charge in [-0.05, 0) is 38.9 Å². The maximum Gasteiger partial charge on any atom is 0.145 e. The zero-order valence-electron chi connectivity index (χ0n) is 7.99. The highest BCUT2D eigenvalue weighted by molar-refractivity contribution is 5.49. The van der Waals surface area contributed by atoms with Crippen molar-refractivity contribution < 1.29 is 9.90 Å². The molecule has 3 nitrogen and oxygen atoms in total. The third-order valence-corrected chi connectivity index (χ3v) is 2.08. The predicted octanol–water partition coefficient (Wildman–Crippen LogP) is 0.526. The van der Waals surface area contributed by atoms with Crippen LogP contribution in [0.15, 0.2) is 0 Å². The minimum Gasteiger partial charge on any atom is -0.389 e. The van der Waals surface area contributed by atoms with Gasteiger partial charge in [0.1, 0.15) is 6.29 Å². The lowest BCUT2D eigenvalue weighted by atomic mass is 10.00. The summed E-state index contributed by atoms with van der Waals surface area (Å²) >= 11 is 0. The van der Waals surface area contributed by atoms with Crippen molar-refractivity contribution in [2.24, 2.45) is 5.92 Å². The van der Waals surface area contributed by atoms with Crippen molar-refractivity contribution in [1.29, 1.82) is 0 Å². The normalized spacial score (nSPS) is 19.6. The summed E-state index contributed by atoms with van der Waals surface area (Å²) < 4.78 is 0. The number of rotatable bonds is 1. The van der Waals surface area contributed by atoms with E-state index in [0.29, 0.717) is 6.29 Å². The van der Waals surface area contributed by atoms with E-state index in [1.165, 1.54) is 25.9 Å². The molecule has 0 saturated carbocycles. The Labute approximate surface area is 74.4 Å². The van der Waals surface area contributed by atoms with E-state index in [1.807, 2.05) is 0 Å². The topological polar surface area (TPSA) is 40.5 Å². The second-order valence-electron chi connectivity index (χ2n) is 3.34. The first-order chi connectivity index (χ1) is 5.70. The van der Waals surface area contributed by atoms with Gasteiger partial charge in [-0.25, -0.2) is 0 Å². The van der Waals surface area contributed by atoms with Gasteiger partial charge in [0.05, 0.1) is 6.61 Å². The summed E-state index contributed by atoms with van der Waals surface area (Å²) in [6, 6.07) is 0. The fourth-order valence-electron chi connectivity index (χ4n) is 1.14. The van der Waals surface area contributed by atoms with Gasteiger partial charge >= 0.3 is 0 Å². The van der Waals surface area contributed by atoms with E-state index in [0.717, 1.165) is 5.92 Å². The third-order valence-electron chi connectivity index (χ3n) is 2.08. The molecule has 0 aromatic rings. The van der Waals surface area contributed by atoms with Crippen molar-refractivity contribution in [3.05, 3.63) is 0 Å². The Kier molecular flexibility index (Phi) is 7.00. The third kappa shape index (κ3) is 6.31. The molecule has 0 aromatic carbocycles. The summed E-state index contributed by atoms with van der Waals surface area (Å²) in [5.74, 6) is 0.978. The van der Waals surface area contributed by atoms with Crippen LogP contribution in [0, 0.1) is 5.92 Å². The molecule has 0 amide bonds. The molecule has 3 heteroatoms. The summed E-state index contributed by atoms with van der Waals surface area (Å²) in [6.45, 7) is 4.59. The van der Waals surface area contributed by atoms with Crippen molar-refractivity contribution in [3.8, 4) is 0 Å². The number of nitrogens with zero attached hydrogens (tertiary/aromatic N) is 1. The van der Waals surface area contributed by atoms with Crippen LogP contribution in [0.25, 0.3) is 0 Å². The Morgan fingerprint density at radius 2 is 1.92 bits per heavy atom. The summed E-state index contributed by atoms with van der Waals surface area (Å²) in [7, 11) is 2.20. The summed E-state index contributed by atoms with van der Waals surface area (Å²) in [4.78, 5) is 11.3. The Balaban J connectivity index is 0.000000261. The van der Waals surface area contributed by atoms with Crippen LogP contribution < -0.4 is 0 Å². The number of hydrogen-bond acceptors (Lipinski definition) is 3. The number of piperidine rings is 1. The molecule has 0 spiro atoms. The minimum atomic E-state index is -0.361. The molecule has 1 rings (SSSR count). The molecular formula is C9H19NO2. The van der Waals surface area contributed by atoms with Crippen molar-refractivity contribution in [3.63, 3.8) is 0 Å².